The summed E-state index contributed by atoms with van der Waals surface area (Å²) in [4.78, 5) is 10.5. The Bertz CT molecular complexity index is 552. The summed E-state index contributed by atoms with van der Waals surface area (Å²) in [6.45, 7) is 1.78. The first kappa shape index (κ1) is 22.3. The minimum absolute atomic E-state index is 0.129. The number of hydrogen-bond acceptors (Lipinski definition) is 4. The largest absolute Gasteiger partial charge is 0.501 e. The van der Waals surface area contributed by atoms with Gasteiger partial charge in [0, 0.05) is 25.2 Å². The summed E-state index contributed by atoms with van der Waals surface area (Å²) in [5.41, 5.74) is 1.09. The lowest BCUT2D eigenvalue weighted by atomic mass is 9.93. The summed E-state index contributed by atoms with van der Waals surface area (Å²) in [7, 11) is 1.62. The number of carbonyl (C=O) groups is 1. The molecule has 1 aliphatic carbocycles. The molecule has 26 heavy (non-hydrogen) atoms. The van der Waals surface area contributed by atoms with Crippen LogP contribution in [0.15, 0.2) is 23.5 Å². The van der Waals surface area contributed by atoms with Crippen LogP contribution in [0.1, 0.15) is 64.7 Å². The van der Waals surface area contributed by atoms with Crippen LogP contribution in [-0.2, 0) is 9.53 Å². The number of methoxy groups -OCH3 is 1. The normalized spacial score (nSPS) is 20.9. The molecule has 0 radical (unpaired) electrons. The number of ether oxygens (including phenoxy) is 1. The molecule has 146 valence electrons. The van der Waals surface area contributed by atoms with Gasteiger partial charge in [-0.05, 0) is 38.2 Å². The number of carboxylic acid groups (broad SMARTS) is 1. The summed E-state index contributed by atoms with van der Waals surface area (Å²) in [5.74, 6) is 5.70. The molecule has 0 aliphatic heterocycles. The van der Waals surface area contributed by atoms with Crippen LogP contribution >= 0.6 is 0 Å². The molecule has 0 fully saturated rings. The van der Waals surface area contributed by atoms with Crippen LogP contribution in [0.4, 0.5) is 0 Å². The molecule has 1 aliphatic rings. The SMILES string of the molecule is CC#CCC[C@H](O)/C=C/[C@@H]1C(CCCCCCC(=O)O)=C(OC)C[C@H]1O. The Hall–Kier alpha value is -1.77. The molecule has 0 spiro atoms. The van der Waals surface area contributed by atoms with E-state index >= 15 is 0 Å². The van der Waals surface area contributed by atoms with Crippen molar-refractivity contribution in [2.75, 3.05) is 7.11 Å². The third kappa shape index (κ3) is 8.07. The number of carboxylic acids is 1. The van der Waals surface area contributed by atoms with E-state index in [1.807, 2.05) is 6.08 Å². The maximum atomic E-state index is 10.5. The summed E-state index contributed by atoms with van der Waals surface area (Å²) in [6, 6.07) is 0. The Kier molecular flexibility index (Phi) is 10.8. The minimum atomic E-state index is -0.748. The smallest absolute Gasteiger partial charge is 0.303 e. The zero-order valence-corrected chi connectivity index (χ0v) is 15.9. The molecule has 1 rings (SSSR count). The average Bonchev–Trinajstić information content (AvgIpc) is 2.91. The summed E-state index contributed by atoms with van der Waals surface area (Å²) < 4.78 is 5.45. The third-order valence-corrected chi connectivity index (χ3v) is 4.69. The Morgan fingerprint density at radius 2 is 2.08 bits per heavy atom. The second-order valence-electron chi connectivity index (χ2n) is 6.68. The molecule has 0 aromatic rings. The van der Waals surface area contributed by atoms with Gasteiger partial charge in [0.1, 0.15) is 0 Å². The second-order valence-corrected chi connectivity index (χ2v) is 6.68. The van der Waals surface area contributed by atoms with Gasteiger partial charge in [0.15, 0.2) is 0 Å². The number of aliphatic hydroxyl groups excluding tert-OH is 2. The lowest BCUT2D eigenvalue weighted by Crippen LogP contribution is -2.15. The van der Waals surface area contributed by atoms with Gasteiger partial charge in [-0.15, -0.1) is 11.8 Å². The molecule has 0 bridgehead atoms. The van der Waals surface area contributed by atoms with Crippen molar-refractivity contribution in [1.82, 2.24) is 0 Å². The molecular formula is C21H32O5. The fourth-order valence-electron chi connectivity index (χ4n) is 3.27. The maximum Gasteiger partial charge on any atom is 0.303 e. The van der Waals surface area contributed by atoms with E-state index in [1.165, 1.54) is 0 Å². The number of rotatable bonds is 12. The van der Waals surface area contributed by atoms with E-state index in [0.717, 1.165) is 37.0 Å². The highest BCUT2D eigenvalue weighted by atomic mass is 16.5. The predicted molar refractivity (Wildman–Crippen MR) is 101 cm³/mol. The van der Waals surface area contributed by atoms with E-state index in [1.54, 1.807) is 20.1 Å². The Morgan fingerprint density at radius 1 is 1.35 bits per heavy atom. The second kappa shape index (κ2) is 12.6. The Labute approximate surface area is 156 Å². The van der Waals surface area contributed by atoms with E-state index in [9.17, 15) is 15.0 Å². The number of aliphatic hydroxyl groups is 2. The average molecular weight is 364 g/mol. The van der Waals surface area contributed by atoms with Crippen molar-refractivity contribution in [2.45, 2.75) is 76.9 Å². The minimum Gasteiger partial charge on any atom is -0.501 e. The van der Waals surface area contributed by atoms with Gasteiger partial charge in [0.2, 0.25) is 0 Å². The van der Waals surface area contributed by atoms with Crippen molar-refractivity contribution < 1.29 is 24.9 Å². The van der Waals surface area contributed by atoms with Gasteiger partial charge in [-0.25, -0.2) is 0 Å². The predicted octanol–water partition coefficient (Wildman–Crippen LogP) is 3.41. The molecule has 5 nitrogen and oxygen atoms in total. The first-order valence-corrected chi connectivity index (χ1v) is 9.41. The maximum absolute atomic E-state index is 10.5. The van der Waals surface area contributed by atoms with Gasteiger partial charge in [0.05, 0.1) is 25.1 Å². The van der Waals surface area contributed by atoms with Crippen LogP contribution < -0.4 is 0 Å². The van der Waals surface area contributed by atoms with Crippen molar-refractivity contribution in [3.05, 3.63) is 23.5 Å². The zero-order valence-electron chi connectivity index (χ0n) is 15.9. The summed E-state index contributed by atoms with van der Waals surface area (Å²) in [6.07, 6.45) is 8.80. The van der Waals surface area contributed by atoms with Crippen molar-refractivity contribution in [2.24, 2.45) is 5.92 Å². The van der Waals surface area contributed by atoms with Crippen LogP contribution in [0.3, 0.4) is 0 Å². The van der Waals surface area contributed by atoms with Crippen molar-refractivity contribution in [3.63, 3.8) is 0 Å². The van der Waals surface area contributed by atoms with Crippen molar-refractivity contribution in [1.29, 1.82) is 0 Å². The van der Waals surface area contributed by atoms with E-state index in [0.29, 0.717) is 25.7 Å². The van der Waals surface area contributed by atoms with Crippen LogP contribution in [-0.4, -0.2) is 40.6 Å². The van der Waals surface area contributed by atoms with Gasteiger partial charge >= 0.3 is 5.97 Å². The van der Waals surface area contributed by atoms with Gasteiger partial charge in [-0.3, -0.25) is 4.79 Å². The summed E-state index contributed by atoms with van der Waals surface area (Å²) in [5, 5.41) is 29.0. The zero-order chi connectivity index (χ0) is 19.4. The fourth-order valence-corrected chi connectivity index (χ4v) is 3.27. The van der Waals surface area contributed by atoms with Gasteiger partial charge < -0.3 is 20.1 Å². The van der Waals surface area contributed by atoms with Gasteiger partial charge in [-0.1, -0.05) is 25.0 Å². The number of aliphatic carboxylic acids is 1. The first-order chi connectivity index (χ1) is 12.5. The van der Waals surface area contributed by atoms with E-state index in [4.69, 9.17) is 9.84 Å². The highest BCUT2D eigenvalue weighted by Crippen LogP contribution is 2.37. The van der Waals surface area contributed by atoms with Gasteiger partial charge in [0.25, 0.3) is 0 Å². The van der Waals surface area contributed by atoms with Crippen LogP contribution in [0.5, 0.6) is 0 Å². The molecule has 3 atom stereocenters. The molecule has 3 N–H and O–H groups in total. The molecule has 0 unspecified atom stereocenters. The van der Waals surface area contributed by atoms with E-state index in [-0.39, 0.29) is 12.3 Å². The highest BCUT2D eigenvalue weighted by Gasteiger charge is 2.32. The number of hydrogen-bond donors (Lipinski definition) is 3. The van der Waals surface area contributed by atoms with Gasteiger partial charge in [-0.2, -0.15) is 0 Å². The molecule has 0 heterocycles. The lowest BCUT2D eigenvalue weighted by molar-refractivity contribution is -0.137. The molecule has 0 saturated heterocycles. The standard InChI is InChI=1S/C21H32O5/c1-3-4-7-10-16(22)13-14-17-18(20(26-2)15-19(17)23)11-8-5-6-9-12-21(24)25/h13-14,16-17,19,22-23H,5-12,15H2,1-2H3,(H,24,25)/b14-13+/t16-,17+,19+/m0/s1. The number of unbranched alkanes of at least 4 members (excludes halogenated alkanes) is 3. The molecule has 0 aromatic carbocycles. The quantitative estimate of drug-likeness (QED) is 0.281. The molecule has 0 amide bonds. The van der Waals surface area contributed by atoms with Crippen molar-refractivity contribution >= 4 is 5.97 Å². The molecule has 5 heteroatoms. The van der Waals surface area contributed by atoms with Crippen LogP contribution in [0.2, 0.25) is 0 Å². The monoisotopic (exact) mass is 364 g/mol. The van der Waals surface area contributed by atoms with E-state index < -0.39 is 18.2 Å². The topological polar surface area (TPSA) is 87.0 Å². The first-order valence-electron chi connectivity index (χ1n) is 9.41. The Balaban J connectivity index is 2.54. The van der Waals surface area contributed by atoms with Crippen LogP contribution in [0, 0.1) is 17.8 Å². The Morgan fingerprint density at radius 3 is 2.73 bits per heavy atom. The molecule has 0 saturated carbocycles. The summed E-state index contributed by atoms with van der Waals surface area (Å²) >= 11 is 0. The third-order valence-electron chi connectivity index (χ3n) is 4.69. The lowest BCUT2D eigenvalue weighted by Gasteiger charge is -2.15. The molecule has 0 aromatic heterocycles. The fraction of sp³-hybridized carbons (Fsp3) is 0.667. The molecular weight excluding hydrogens is 332 g/mol. The van der Waals surface area contributed by atoms with Crippen molar-refractivity contribution in [3.8, 4) is 11.8 Å². The highest BCUT2D eigenvalue weighted by molar-refractivity contribution is 5.66. The van der Waals surface area contributed by atoms with Crippen LogP contribution in [0.25, 0.3) is 0 Å². The van der Waals surface area contributed by atoms with E-state index in [2.05, 4.69) is 11.8 Å².